The number of aromatic nitrogens is 2. The Kier molecular flexibility index (Phi) is 3.28. The Morgan fingerprint density at radius 2 is 2.19 bits per heavy atom. The van der Waals surface area contributed by atoms with Crippen LogP contribution in [0.2, 0.25) is 0 Å². The zero-order chi connectivity index (χ0) is 15.0. The van der Waals surface area contributed by atoms with Crippen molar-refractivity contribution in [1.29, 1.82) is 0 Å². The number of nitrogens with zero attached hydrogens (tertiary/aromatic N) is 3. The molecule has 1 saturated carbocycles. The van der Waals surface area contributed by atoms with Crippen molar-refractivity contribution in [3.63, 3.8) is 0 Å². The molecule has 0 aliphatic heterocycles. The van der Waals surface area contributed by atoms with Crippen molar-refractivity contribution in [2.75, 3.05) is 5.32 Å². The summed E-state index contributed by atoms with van der Waals surface area (Å²) in [7, 11) is 0. The van der Waals surface area contributed by atoms with E-state index in [4.69, 9.17) is 0 Å². The molecule has 2 aromatic rings. The third-order valence-electron chi connectivity index (χ3n) is 3.88. The van der Waals surface area contributed by atoms with Gasteiger partial charge in [0.25, 0.3) is 4.96 Å². The van der Waals surface area contributed by atoms with Gasteiger partial charge in [-0.05, 0) is 17.8 Å². The number of carboxylic acid groups (broad SMARTS) is 1. The van der Waals surface area contributed by atoms with E-state index in [2.05, 4.69) is 10.3 Å². The average molecular weight is 310 g/mol. The molecule has 0 amide bonds. The first kappa shape index (κ1) is 13.8. The zero-order valence-electron chi connectivity index (χ0n) is 11.1. The first-order chi connectivity index (χ1) is 10.0. The number of thiazole rings is 1. The lowest BCUT2D eigenvalue weighted by Gasteiger charge is -2.33. The summed E-state index contributed by atoms with van der Waals surface area (Å²) in [5, 5.41) is 25.4. The van der Waals surface area contributed by atoms with Crippen LogP contribution < -0.4 is 5.32 Å². The number of nitrogens with one attached hydrogen (secondary N) is 1. The van der Waals surface area contributed by atoms with Crippen LogP contribution in [0.25, 0.3) is 4.96 Å². The predicted octanol–water partition coefficient (Wildman–Crippen LogP) is 2.50. The number of rotatable bonds is 4. The van der Waals surface area contributed by atoms with E-state index in [9.17, 15) is 20.0 Å². The highest BCUT2D eigenvalue weighted by molar-refractivity contribution is 7.15. The second kappa shape index (κ2) is 4.99. The van der Waals surface area contributed by atoms with Crippen molar-refractivity contribution in [3.8, 4) is 0 Å². The second-order valence-electron chi connectivity index (χ2n) is 5.17. The molecule has 9 heteroatoms. The highest BCUT2D eigenvalue weighted by Crippen LogP contribution is 2.36. The summed E-state index contributed by atoms with van der Waals surface area (Å²) >= 11 is 1.27. The second-order valence-corrected chi connectivity index (χ2v) is 6.04. The Hall–Kier alpha value is -2.16. The number of carbonyl (C=O) groups is 1. The fourth-order valence-electron chi connectivity index (χ4n) is 2.81. The number of hydrogen-bond acceptors (Lipinski definition) is 6. The van der Waals surface area contributed by atoms with Crippen LogP contribution in [-0.4, -0.2) is 30.9 Å². The first-order valence-electron chi connectivity index (χ1n) is 6.65. The molecule has 1 aliphatic carbocycles. The van der Waals surface area contributed by atoms with Crippen LogP contribution in [0.15, 0.2) is 11.6 Å². The molecule has 8 nitrogen and oxygen atoms in total. The van der Waals surface area contributed by atoms with E-state index in [1.807, 2.05) is 0 Å². The molecule has 0 aromatic carbocycles. The summed E-state index contributed by atoms with van der Waals surface area (Å²) in [6.45, 7) is 0. The van der Waals surface area contributed by atoms with Gasteiger partial charge in [-0.15, -0.1) is 0 Å². The lowest BCUT2D eigenvalue weighted by Crippen LogP contribution is -2.48. The monoisotopic (exact) mass is 310 g/mol. The van der Waals surface area contributed by atoms with Gasteiger partial charge in [0.15, 0.2) is 0 Å². The van der Waals surface area contributed by atoms with Crippen LogP contribution in [0, 0.1) is 10.1 Å². The molecule has 112 valence electrons. The topological polar surface area (TPSA) is 110 Å². The van der Waals surface area contributed by atoms with Crippen molar-refractivity contribution in [2.45, 2.75) is 37.6 Å². The van der Waals surface area contributed by atoms with E-state index >= 15 is 0 Å². The van der Waals surface area contributed by atoms with E-state index in [1.165, 1.54) is 15.7 Å². The van der Waals surface area contributed by atoms with Crippen LogP contribution in [0.3, 0.4) is 0 Å². The van der Waals surface area contributed by atoms with Gasteiger partial charge in [-0.2, -0.15) is 9.38 Å². The Morgan fingerprint density at radius 3 is 2.81 bits per heavy atom. The van der Waals surface area contributed by atoms with Crippen molar-refractivity contribution in [2.24, 2.45) is 0 Å². The van der Waals surface area contributed by atoms with E-state index in [0.717, 1.165) is 19.3 Å². The van der Waals surface area contributed by atoms with Gasteiger partial charge in [0, 0.05) is 5.38 Å². The van der Waals surface area contributed by atoms with Gasteiger partial charge in [-0.1, -0.05) is 30.6 Å². The number of imidazole rings is 1. The van der Waals surface area contributed by atoms with Crippen molar-refractivity contribution in [3.05, 3.63) is 21.7 Å². The summed E-state index contributed by atoms with van der Waals surface area (Å²) in [5.41, 5.74) is -1.16. The van der Waals surface area contributed by atoms with Crippen LogP contribution in [-0.2, 0) is 4.79 Å². The summed E-state index contributed by atoms with van der Waals surface area (Å²) in [6, 6.07) is 0. The van der Waals surface area contributed by atoms with Crippen LogP contribution in [0.4, 0.5) is 11.6 Å². The number of nitro groups is 1. The molecular weight excluding hydrogens is 296 g/mol. The van der Waals surface area contributed by atoms with Gasteiger partial charge in [-0.25, -0.2) is 4.79 Å². The Balaban J connectivity index is 2.03. The third kappa shape index (κ3) is 2.23. The number of anilines is 1. The molecule has 2 N–H and O–H groups in total. The minimum atomic E-state index is -1.16. The normalized spacial score (nSPS) is 17.7. The molecule has 0 saturated heterocycles. The van der Waals surface area contributed by atoms with Crippen LogP contribution >= 0.6 is 11.3 Å². The molecule has 1 fully saturated rings. The quantitative estimate of drug-likeness (QED) is 0.663. The molecule has 0 spiro atoms. The maximum absolute atomic E-state index is 11.7. The van der Waals surface area contributed by atoms with Gasteiger partial charge in [-0.3, -0.25) is 0 Å². The largest absolute Gasteiger partial charge is 0.480 e. The van der Waals surface area contributed by atoms with Gasteiger partial charge in [0.05, 0.1) is 0 Å². The molecule has 1 aliphatic rings. The van der Waals surface area contributed by atoms with E-state index < -0.39 is 16.4 Å². The molecule has 2 aromatic heterocycles. The van der Waals surface area contributed by atoms with Gasteiger partial charge >= 0.3 is 11.8 Å². The molecule has 0 radical (unpaired) electrons. The number of fused-ring (bicyclic) bond motifs is 1. The van der Waals surface area contributed by atoms with Crippen molar-refractivity contribution >= 4 is 33.9 Å². The third-order valence-corrected chi connectivity index (χ3v) is 4.64. The Bertz CT molecular complexity index is 701. The maximum Gasteiger partial charge on any atom is 0.372 e. The van der Waals surface area contributed by atoms with E-state index in [-0.39, 0.29) is 11.6 Å². The van der Waals surface area contributed by atoms with Gasteiger partial charge in [0.2, 0.25) is 5.82 Å². The van der Waals surface area contributed by atoms with Crippen LogP contribution in [0.5, 0.6) is 0 Å². The van der Waals surface area contributed by atoms with E-state index in [1.54, 1.807) is 11.6 Å². The van der Waals surface area contributed by atoms with Crippen molar-refractivity contribution < 1.29 is 14.8 Å². The van der Waals surface area contributed by atoms with Gasteiger partial charge < -0.3 is 20.5 Å². The lowest BCUT2D eigenvalue weighted by molar-refractivity contribution is -0.389. The standard InChI is InChI=1S/C12H14N4O4S/c17-10(18)12(4-2-1-3-5-12)14-8-9(16(19)20)15-6-7-21-11(15)13-8/h6-7,14H,1-5H2,(H,17,18). The number of hydrogen-bond donors (Lipinski definition) is 2. The fourth-order valence-corrected chi connectivity index (χ4v) is 3.52. The summed E-state index contributed by atoms with van der Waals surface area (Å²) in [4.78, 5) is 27.0. The maximum atomic E-state index is 11.7. The average Bonchev–Trinajstić information content (AvgIpc) is 2.99. The molecule has 3 rings (SSSR count). The number of aliphatic carboxylic acids is 1. The predicted molar refractivity (Wildman–Crippen MR) is 76.8 cm³/mol. The highest BCUT2D eigenvalue weighted by atomic mass is 32.1. The van der Waals surface area contributed by atoms with Crippen LogP contribution in [0.1, 0.15) is 32.1 Å². The SMILES string of the molecule is O=C(O)C1(Nc2nc3sccn3c2[N+](=O)[O-])CCCCC1. The molecule has 21 heavy (non-hydrogen) atoms. The fraction of sp³-hybridized carbons (Fsp3) is 0.500. The number of carboxylic acids is 1. The highest BCUT2D eigenvalue weighted by Gasteiger charge is 2.42. The summed E-state index contributed by atoms with van der Waals surface area (Å²) in [5.74, 6) is -1.15. The molecule has 0 unspecified atom stereocenters. The zero-order valence-corrected chi connectivity index (χ0v) is 11.9. The molecular formula is C12H14N4O4S. The lowest BCUT2D eigenvalue weighted by atomic mass is 9.81. The van der Waals surface area contributed by atoms with Crippen molar-refractivity contribution in [1.82, 2.24) is 9.38 Å². The summed E-state index contributed by atoms with van der Waals surface area (Å²) < 4.78 is 1.37. The minimum Gasteiger partial charge on any atom is -0.480 e. The minimum absolute atomic E-state index is 0.0381. The molecule has 2 heterocycles. The first-order valence-corrected chi connectivity index (χ1v) is 7.53. The van der Waals surface area contributed by atoms with Gasteiger partial charge in [0.1, 0.15) is 11.7 Å². The smallest absolute Gasteiger partial charge is 0.372 e. The Labute approximate surface area is 123 Å². The Morgan fingerprint density at radius 1 is 1.48 bits per heavy atom. The van der Waals surface area contributed by atoms with E-state index in [0.29, 0.717) is 17.8 Å². The molecule has 0 atom stereocenters. The summed E-state index contributed by atoms with van der Waals surface area (Å²) in [6.07, 6.45) is 5.02. The molecule has 0 bridgehead atoms.